The highest BCUT2D eigenvalue weighted by Gasteiger charge is 2.25. The number of carbonyl (C=O) groups is 1. The van der Waals surface area contributed by atoms with E-state index in [4.69, 9.17) is 0 Å². The highest BCUT2D eigenvalue weighted by Crippen LogP contribution is 2.15. The third-order valence-corrected chi connectivity index (χ3v) is 4.29. The Hall–Kier alpha value is -2.64. The molecular weight excluding hydrogens is 308 g/mol. The summed E-state index contributed by atoms with van der Waals surface area (Å²) in [5, 5.41) is 7.25. The number of rotatable bonds is 3. The minimum Gasteiger partial charge on any atom is -0.350 e. The van der Waals surface area contributed by atoms with Gasteiger partial charge in [0.2, 0.25) is 0 Å². The van der Waals surface area contributed by atoms with E-state index in [9.17, 15) is 9.59 Å². The SMILES string of the molecule is Cc1cc(C(=O)N[C@@H]2CCCN(c3nccn(C)c3=O)C2)n(C)n1. The molecule has 8 nitrogen and oxygen atoms in total. The van der Waals surface area contributed by atoms with E-state index in [1.165, 1.54) is 4.57 Å². The van der Waals surface area contributed by atoms with E-state index in [1.807, 2.05) is 11.8 Å². The highest BCUT2D eigenvalue weighted by atomic mass is 16.2. The molecular formula is C16H22N6O2. The first-order valence-corrected chi connectivity index (χ1v) is 8.04. The van der Waals surface area contributed by atoms with Gasteiger partial charge in [0.05, 0.1) is 5.69 Å². The molecule has 0 spiro atoms. The van der Waals surface area contributed by atoms with Crippen LogP contribution in [0.15, 0.2) is 23.3 Å². The van der Waals surface area contributed by atoms with Crippen LogP contribution in [-0.4, -0.2) is 44.4 Å². The molecule has 0 unspecified atom stereocenters. The summed E-state index contributed by atoms with van der Waals surface area (Å²) < 4.78 is 3.10. The van der Waals surface area contributed by atoms with Gasteiger partial charge < -0.3 is 14.8 Å². The number of piperidine rings is 1. The van der Waals surface area contributed by atoms with Crippen LogP contribution < -0.4 is 15.8 Å². The Morgan fingerprint density at radius 2 is 2.17 bits per heavy atom. The molecule has 1 aliphatic heterocycles. The summed E-state index contributed by atoms with van der Waals surface area (Å²) in [6.07, 6.45) is 5.04. The summed E-state index contributed by atoms with van der Waals surface area (Å²) in [7, 11) is 3.47. The largest absolute Gasteiger partial charge is 0.350 e. The highest BCUT2D eigenvalue weighted by molar-refractivity contribution is 5.92. The van der Waals surface area contributed by atoms with Gasteiger partial charge in [0.25, 0.3) is 11.5 Å². The minimum atomic E-state index is -0.140. The van der Waals surface area contributed by atoms with E-state index in [1.54, 1.807) is 37.2 Å². The molecule has 0 radical (unpaired) electrons. The van der Waals surface area contributed by atoms with Gasteiger partial charge in [-0.1, -0.05) is 0 Å². The minimum absolute atomic E-state index is 0.0202. The monoisotopic (exact) mass is 330 g/mol. The van der Waals surface area contributed by atoms with Crippen molar-refractivity contribution in [2.75, 3.05) is 18.0 Å². The summed E-state index contributed by atoms with van der Waals surface area (Å²) in [6, 6.07) is 1.75. The lowest BCUT2D eigenvalue weighted by atomic mass is 10.1. The van der Waals surface area contributed by atoms with E-state index in [-0.39, 0.29) is 17.5 Å². The number of nitrogens with zero attached hydrogens (tertiary/aromatic N) is 5. The maximum absolute atomic E-state index is 12.4. The molecule has 1 saturated heterocycles. The molecule has 1 aliphatic rings. The van der Waals surface area contributed by atoms with Crippen LogP contribution in [0.25, 0.3) is 0 Å². The van der Waals surface area contributed by atoms with Gasteiger partial charge >= 0.3 is 0 Å². The first kappa shape index (κ1) is 16.2. The van der Waals surface area contributed by atoms with Crippen molar-refractivity contribution in [2.24, 2.45) is 14.1 Å². The maximum atomic E-state index is 12.4. The Labute approximate surface area is 140 Å². The van der Waals surface area contributed by atoms with Gasteiger partial charge in [-0.3, -0.25) is 14.3 Å². The molecule has 0 bridgehead atoms. The number of amides is 1. The predicted octanol–water partition coefficient (Wildman–Crippen LogP) is 0.221. The van der Waals surface area contributed by atoms with Crippen LogP contribution in [-0.2, 0) is 14.1 Å². The molecule has 24 heavy (non-hydrogen) atoms. The maximum Gasteiger partial charge on any atom is 0.293 e. The molecule has 3 heterocycles. The Morgan fingerprint density at radius 1 is 1.38 bits per heavy atom. The fourth-order valence-corrected chi connectivity index (χ4v) is 3.07. The lowest BCUT2D eigenvalue weighted by molar-refractivity contribution is 0.0923. The zero-order valence-electron chi connectivity index (χ0n) is 14.2. The summed E-state index contributed by atoms with van der Waals surface area (Å²) in [6.45, 7) is 3.20. The Kier molecular flexibility index (Phi) is 4.37. The van der Waals surface area contributed by atoms with Crippen LogP contribution in [0.3, 0.4) is 0 Å². The van der Waals surface area contributed by atoms with Crippen LogP contribution in [0.4, 0.5) is 5.82 Å². The van der Waals surface area contributed by atoms with E-state index in [0.717, 1.165) is 25.1 Å². The van der Waals surface area contributed by atoms with E-state index >= 15 is 0 Å². The van der Waals surface area contributed by atoms with Crippen molar-refractivity contribution in [2.45, 2.75) is 25.8 Å². The number of aryl methyl sites for hydroxylation is 3. The van der Waals surface area contributed by atoms with Crippen LogP contribution in [0.2, 0.25) is 0 Å². The second-order valence-electron chi connectivity index (χ2n) is 6.22. The van der Waals surface area contributed by atoms with Gasteiger partial charge in [-0.2, -0.15) is 5.10 Å². The van der Waals surface area contributed by atoms with Crippen molar-refractivity contribution < 1.29 is 4.79 Å². The molecule has 2 aromatic heterocycles. The fraction of sp³-hybridized carbons (Fsp3) is 0.500. The molecule has 3 rings (SSSR count). The average Bonchev–Trinajstić information content (AvgIpc) is 2.89. The quantitative estimate of drug-likeness (QED) is 0.870. The third kappa shape index (κ3) is 3.17. The number of anilines is 1. The van der Waals surface area contributed by atoms with Crippen molar-refractivity contribution in [1.82, 2.24) is 24.6 Å². The van der Waals surface area contributed by atoms with Gasteiger partial charge in [-0.05, 0) is 25.8 Å². The first-order valence-electron chi connectivity index (χ1n) is 8.04. The number of carbonyl (C=O) groups excluding carboxylic acids is 1. The molecule has 1 N–H and O–H groups in total. The molecule has 1 atom stereocenters. The van der Waals surface area contributed by atoms with Crippen molar-refractivity contribution in [1.29, 1.82) is 0 Å². The Bertz CT molecular complexity index is 809. The van der Waals surface area contributed by atoms with E-state index in [2.05, 4.69) is 15.4 Å². The normalized spacial score (nSPS) is 17.8. The summed E-state index contributed by atoms with van der Waals surface area (Å²) in [4.78, 5) is 30.8. The topological polar surface area (TPSA) is 85.0 Å². The van der Waals surface area contributed by atoms with Crippen LogP contribution in [0.1, 0.15) is 29.0 Å². The number of aromatic nitrogens is 4. The van der Waals surface area contributed by atoms with E-state index < -0.39 is 0 Å². The van der Waals surface area contributed by atoms with E-state index in [0.29, 0.717) is 18.1 Å². The third-order valence-electron chi connectivity index (χ3n) is 4.29. The summed E-state index contributed by atoms with van der Waals surface area (Å²) >= 11 is 0. The van der Waals surface area contributed by atoms with Gasteiger partial charge in [-0.15, -0.1) is 0 Å². The second kappa shape index (κ2) is 6.46. The van der Waals surface area contributed by atoms with Gasteiger partial charge in [0.15, 0.2) is 5.82 Å². The number of hydrogen-bond donors (Lipinski definition) is 1. The van der Waals surface area contributed by atoms with Gasteiger partial charge in [0, 0.05) is 45.6 Å². The predicted molar refractivity (Wildman–Crippen MR) is 90.1 cm³/mol. The summed E-state index contributed by atoms with van der Waals surface area (Å²) in [5.41, 5.74) is 1.23. The Morgan fingerprint density at radius 3 is 2.88 bits per heavy atom. The smallest absolute Gasteiger partial charge is 0.293 e. The first-order chi connectivity index (χ1) is 11.5. The van der Waals surface area contributed by atoms with Gasteiger partial charge in [-0.25, -0.2) is 4.98 Å². The lowest BCUT2D eigenvalue weighted by Gasteiger charge is -2.33. The molecule has 2 aromatic rings. The van der Waals surface area contributed by atoms with Crippen molar-refractivity contribution in [3.05, 3.63) is 40.2 Å². The molecule has 1 fully saturated rings. The zero-order chi connectivity index (χ0) is 17.3. The molecule has 1 amide bonds. The Balaban J connectivity index is 1.72. The standard InChI is InChI=1S/C16H22N6O2/c1-11-9-13(21(3)19-11)15(23)18-12-5-4-7-22(10-12)14-16(24)20(2)8-6-17-14/h6,8-9,12H,4-5,7,10H2,1-3H3,(H,18,23)/t12-/m1/s1. The molecule has 128 valence electrons. The number of nitrogens with one attached hydrogen (secondary N) is 1. The van der Waals surface area contributed by atoms with Crippen LogP contribution in [0.5, 0.6) is 0 Å². The fourth-order valence-electron chi connectivity index (χ4n) is 3.07. The molecule has 0 saturated carbocycles. The molecule has 0 aliphatic carbocycles. The van der Waals surface area contributed by atoms with Crippen molar-refractivity contribution in [3.63, 3.8) is 0 Å². The summed E-state index contributed by atoms with van der Waals surface area (Å²) in [5.74, 6) is 0.300. The van der Waals surface area contributed by atoms with Crippen LogP contribution in [0, 0.1) is 6.92 Å². The average molecular weight is 330 g/mol. The number of hydrogen-bond acceptors (Lipinski definition) is 5. The molecule has 0 aromatic carbocycles. The lowest BCUT2D eigenvalue weighted by Crippen LogP contribution is -2.49. The molecule has 8 heteroatoms. The van der Waals surface area contributed by atoms with Crippen LogP contribution >= 0.6 is 0 Å². The van der Waals surface area contributed by atoms with Crippen molar-refractivity contribution in [3.8, 4) is 0 Å². The van der Waals surface area contributed by atoms with Crippen molar-refractivity contribution >= 4 is 11.7 Å². The zero-order valence-corrected chi connectivity index (χ0v) is 14.2. The second-order valence-corrected chi connectivity index (χ2v) is 6.22. The van der Waals surface area contributed by atoms with Gasteiger partial charge in [0.1, 0.15) is 5.69 Å².